The Morgan fingerprint density at radius 2 is 1.67 bits per heavy atom. The number of fused-ring (bicyclic) bond motifs is 1. The van der Waals surface area contributed by atoms with Crippen molar-refractivity contribution in [1.29, 1.82) is 0 Å². The predicted octanol–water partition coefficient (Wildman–Crippen LogP) is 5.59. The van der Waals surface area contributed by atoms with Crippen LogP contribution in [-0.4, -0.2) is 45.8 Å². The van der Waals surface area contributed by atoms with Crippen molar-refractivity contribution in [1.82, 2.24) is 14.4 Å². The molecule has 2 amide bonds. The van der Waals surface area contributed by atoms with Crippen LogP contribution in [0.4, 0.5) is 0 Å². The molecule has 2 heterocycles. The first-order valence-electron chi connectivity index (χ1n) is 13.1. The fourth-order valence-electron chi connectivity index (χ4n) is 5.04. The molecule has 5 nitrogen and oxygen atoms in total. The van der Waals surface area contributed by atoms with Gasteiger partial charge in [0.2, 0.25) is 11.8 Å². The van der Waals surface area contributed by atoms with E-state index in [1.807, 2.05) is 35.2 Å². The normalized spacial score (nSPS) is 15.4. The molecule has 1 atom stereocenters. The number of nitrogens with zero attached hydrogens (tertiary/aromatic N) is 3. The smallest absolute Gasteiger partial charge is 0.243 e. The summed E-state index contributed by atoms with van der Waals surface area (Å²) in [7, 11) is 0. The number of rotatable bonds is 8. The molecular weight excluding hydrogens is 446 g/mol. The van der Waals surface area contributed by atoms with E-state index in [1.165, 1.54) is 5.56 Å². The fraction of sp³-hybridized carbons (Fsp3) is 0.419. The second-order valence-electron chi connectivity index (χ2n) is 10.8. The van der Waals surface area contributed by atoms with Gasteiger partial charge in [0, 0.05) is 37.9 Å². The molecule has 36 heavy (non-hydrogen) atoms. The number of carbonyl (C=O) groups excluding carboxylic acids is 2. The Bertz CT molecular complexity index is 1160. The summed E-state index contributed by atoms with van der Waals surface area (Å²) in [6, 6.07) is 22.7. The summed E-state index contributed by atoms with van der Waals surface area (Å²) in [5, 5.41) is 0. The van der Waals surface area contributed by atoms with Gasteiger partial charge in [0.25, 0.3) is 0 Å². The maximum atomic E-state index is 13.7. The second-order valence-corrected chi connectivity index (χ2v) is 10.8. The van der Waals surface area contributed by atoms with E-state index in [1.54, 1.807) is 4.90 Å². The minimum absolute atomic E-state index is 0.00820. The Balaban J connectivity index is 1.53. The molecule has 1 aliphatic heterocycles. The van der Waals surface area contributed by atoms with Crippen molar-refractivity contribution in [2.24, 2.45) is 0 Å². The number of amides is 2. The SMILES string of the molecule is CCCN(CC(=O)N1CCn2cccc2[C@H]1c1ccc(C(C)(C)C)cc1)C(=O)CCc1ccccc1. The summed E-state index contributed by atoms with van der Waals surface area (Å²) >= 11 is 0. The average molecular weight is 486 g/mol. The summed E-state index contributed by atoms with van der Waals surface area (Å²) in [6.07, 6.45) is 4.01. The first kappa shape index (κ1) is 25.7. The predicted molar refractivity (Wildman–Crippen MR) is 145 cm³/mol. The largest absolute Gasteiger partial charge is 0.348 e. The third-order valence-electron chi connectivity index (χ3n) is 7.09. The van der Waals surface area contributed by atoms with Gasteiger partial charge >= 0.3 is 0 Å². The topological polar surface area (TPSA) is 45.6 Å². The molecule has 5 heteroatoms. The number of hydrogen-bond donors (Lipinski definition) is 0. The quantitative estimate of drug-likeness (QED) is 0.418. The lowest BCUT2D eigenvalue weighted by atomic mass is 9.86. The minimum atomic E-state index is -0.154. The Morgan fingerprint density at radius 3 is 2.33 bits per heavy atom. The van der Waals surface area contributed by atoms with Crippen molar-refractivity contribution in [3.8, 4) is 0 Å². The molecule has 0 N–H and O–H groups in total. The Morgan fingerprint density at radius 1 is 0.944 bits per heavy atom. The number of carbonyl (C=O) groups is 2. The summed E-state index contributed by atoms with van der Waals surface area (Å²) in [4.78, 5) is 30.6. The van der Waals surface area contributed by atoms with Gasteiger partial charge in [-0.1, -0.05) is 82.3 Å². The van der Waals surface area contributed by atoms with Crippen LogP contribution in [0.2, 0.25) is 0 Å². The molecule has 3 aromatic rings. The Labute approximate surface area is 215 Å². The molecule has 0 fully saturated rings. The van der Waals surface area contributed by atoms with E-state index in [0.29, 0.717) is 25.9 Å². The van der Waals surface area contributed by atoms with Crippen molar-refractivity contribution < 1.29 is 9.59 Å². The molecule has 4 rings (SSSR count). The highest BCUT2D eigenvalue weighted by molar-refractivity contribution is 5.85. The summed E-state index contributed by atoms with van der Waals surface area (Å²) in [5.74, 6) is 0.0503. The van der Waals surface area contributed by atoms with Gasteiger partial charge in [-0.2, -0.15) is 0 Å². The molecule has 1 aliphatic rings. The van der Waals surface area contributed by atoms with Crippen molar-refractivity contribution in [3.63, 3.8) is 0 Å². The summed E-state index contributed by atoms with van der Waals surface area (Å²) < 4.78 is 2.24. The zero-order chi connectivity index (χ0) is 25.7. The molecule has 2 aromatic carbocycles. The van der Waals surface area contributed by atoms with Gasteiger partial charge in [0.1, 0.15) is 0 Å². The highest BCUT2D eigenvalue weighted by Gasteiger charge is 2.33. The number of benzene rings is 2. The zero-order valence-electron chi connectivity index (χ0n) is 22.1. The number of aromatic nitrogens is 1. The number of hydrogen-bond acceptors (Lipinski definition) is 2. The van der Waals surface area contributed by atoms with Gasteiger partial charge in [-0.3, -0.25) is 9.59 Å². The minimum Gasteiger partial charge on any atom is -0.348 e. The summed E-state index contributed by atoms with van der Waals surface area (Å²) in [6.45, 7) is 10.8. The van der Waals surface area contributed by atoms with E-state index in [-0.39, 0.29) is 29.8 Å². The van der Waals surface area contributed by atoms with E-state index in [0.717, 1.165) is 29.8 Å². The van der Waals surface area contributed by atoms with Crippen molar-refractivity contribution in [2.45, 2.75) is 65.0 Å². The van der Waals surface area contributed by atoms with Crippen LogP contribution < -0.4 is 0 Å². The van der Waals surface area contributed by atoms with Crippen molar-refractivity contribution in [2.75, 3.05) is 19.6 Å². The van der Waals surface area contributed by atoms with Crippen LogP contribution in [0.5, 0.6) is 0 Å². The third kappa shape index (κ3) is 5.89. The Kier molecular flexibility index (Phi) is 7.97. The second kappa shape index (κ2) is 11.2. The van der Waals surface area contributed by atoms with Crippen LogP contribution in [0.1, 0.15) is 69.0 Å². The third-order valence-corrected chi connectivity index (χ3v) is 7.09. The van der Waals surface area contributed by atoms with Crippen LogP contribution in [0.3, 0.4) is 0 Å². The fourth-order valence-corrected chi connectivity index (χ4v) is 5.04. The van der Waals surface area contributed by atoms with Crippen LogP contribution in [-0.2, 0) is 28.0 Å². The number of aryl methyl sites for hydroxylation is 1. The standard InChI is InChI=1S/C31H39N3O2/c1-5-19-33(28(35)18-13-24-10-7-6-8-11-24)23-29(36)34-22-21-32-20-9-12-27(32)30(34)25-14-16-26(17-15-25)31(2,3)4/h6-12,14-17,20,30H,5,13,18-19,21-23H2,1-4H3/t30-/m1/s1. The van der Waals surface area contributed by atoms with E-state index in [4.69, 9.17) is 0 Å². The van der Waals surface area contributed by atoms with Crippen LogP contribution >= 0.6 is 0 Å². The van der Waals surface area contributed by atoms with Gasteiger partial charge in [-0.15, -0.1) is 0 Å². The van der Waals surface area contributed by atoms with Crippen molar-refractivity contribution in [3.05, 3.63) is 95.3 Å². The first-order chi connectivity index (χ1) is 17.3. The molecule has 0 bridgehead atoms. The van der Waals surface area contributed by atoms with E-state index in [2.05, 4.69) is 74.9 Å². The van der Waals surface area contributed by atoms with E-state index >= 15 is 0 Å². The first-order valence-corrected chi connectivity index (χ1v) is 13.1. The molecule has 0 unspecified atom stereocenters. The molecule has 0 aliphatic carbocycles. The van der Waals surface area contributed by atoms with Gasteiger partial charge in [0.05, 0.1) is 12.6 Å². The average Bonchev–Trinajstić information content (AvgIpc) is 3.35. The van der Waals surface area contributed by atoms with Gasteiger partial charge < -0.3 is 14.4 Å². The molecule has 0 saturated carbocycles. The molecular formula is C31H39N3O2. The Hall–Kier alpha value is -3.34. The molecule has 190 valence electrons. The van der Waals surface area contributed by atoms with Gasteiger partial charge in [-0.25, -0.2) is 0 Å². The lowest BCUT2D eigenvalue weighted by Gasteiger charge is -2.38. The zero-order valence-corrected chi connectivity index (χ0v) is 22.1. The molecule has 0 radical (unpaired) electrons. The van der Waals surface area contributed by atoms with Crippen LogP contribution in [0.25, 0.3) is 0 Å². The maximum Gasteiger partial charge on any atom is 0.243 e. The lowest BCUT2D eigenvalue weighted by molar-refractivity contribution is -0.142. The molecule has 1 aromatic heterocycles. The van der Waals surface area contributed by atoms with Crippen molar-refractivity contribution >= 4 is 11.8 Å². The summed E-state index contributed by atoms with van der Waals surface area (Å²) in [5.41, 5.74) is 4.71. The molecule has 0 spiro atoms. The van der Waals surface area contributed by atoms with Gasteiger partial charge in [-0.05, 0) is 47.1 Å². The van der Waals surface area contributed by atoms with E-state index in [9.17, 15) is 9.59 Å². The highest BCUT2D eigenvalue weighted by Crippen LogP contribution is 2.34. The van der Waals surface area contributed by atoms with Gasteiger partial charge in [0.15, 0.2) is 0 Å². The van der Waals surface area contributed by atoms with Crippen LogP contribution in [0.15, 0.2) is 72.9 Å². The lowest BCUT2D eigenvalue weighted by Crippen LogP contribution is -2.48. The van der Waals surface area contributed by atoms with E-state index < -0.39 is 0 Å². The maximum absolute atomic E-state index is 13.7. The molecule has 0 saturated heterocycles. The monoisotopic (exact) mass is 485 g/mol. The highest BCUT2D eigenvalue weighted by atomic mass is 16.2. The van der Waals surface area contributed by atoms with Crippen LogP contribution in [0, 0.1) is 0 Å².